The molecule has 6 heterocycles. The Morgan fingerprint density at radius 2 is 1.65 bits per heavy atom. The molecule has 65 heavy (non-hydrogen) atoms. The summed E-state index contributed by atoms with van der Waals surface area (Å²) in [6.07, 6.45) is 5.20. The molecule has 3 saturated heterocycles. The average molecular weight is 917 g/mol. The number of H-pyrrole nitrogens is 1. The maximum Gasteiger partial charge on any atom is 0.301 e. The zero-order chi connectivity index (χ0) is 46.2. The molecule has 3 fully saturated rings. The summed E-state index contributed by atoms with van der Waals surface area (Å²) in [6, 6.07) is 11.6. The Kier molecular flexibility index (Phi) is 12.5. The van der Waals surface area contributed by atoms with E-state index in [1.165, 1.54) is 25.5 Å². The molecular formula is C44H47F3N10O7S. The molecule has 0 radical (unpaired) electrons. The van der Waals surface area contributed by atoms with Crippen molar-refractivity contribution in [3.8, 4) is 11.1 Å². The number of aliphatic hydroxyl groups is 1. The zero-order valence-corrected chi connectivity index (χ0v) is 36.4. The van der Waals surface area contributed by atoms with E-state index in [0.717, 1.165) is 27.7 Å². The van der Waals surface area contributed by atoms with E-state index in [9.17, 15) is 32.7 Å². The monoisotopic (exact) mass is 916 g/mol. The van der Waals surface area contributed by atoms with Crippen LogP contribution < -0.4 is 25.2 Å². The Balaban J connectivity index is 0.851. The highest BCUT2D eigenvalue weighted by atomic mass is 32.2. The molecule has 342 valence electrons. The number of piperazine rings is 1. The highest BCUT2D eigenvalue weighted by Crippen LogP contribution is 2.33. The third-order valence-corrected chi connectivity index (χ3v) is 13.8. The van der Waals surface area contributed by atoms with Gasteiger partial charge in [-0.1, -0.05) is 19.1 Å². The molecule has 5 N–H and O–H groups in total. The van der Waals surface area contributed by atoms with Gasteiger partial charge in [0.05, 0.1) is 35.2 Å². The Labute approximate surface area is 372 Å². The molecule has 3 aromatic heterocycles. The fraction of sp³-hybridized carbons (Fsp3) is 0.364. The van der Waals surface area contributed by atoms with Gasteiger partial charge in [-0.05, 0) is 55.2 Å². The van der Waals surface area contributed by atoms with Crippen LogP contribution >= 0.6 is 0 Å². The first kappa shape index (κ1) is 45.0. The first-order valence-corrected chi connectivity index (χ1v) is 22.6. The number of carbonyl (C=O) groups excluding carboxylic acids is 4. The van der Waals surface area contributed by atoms with Crippen LogP contribution in [0.1, 0.15) is 54.9 Å². The van der Waals surface area contributed by atoms with Crippen molar-refractivity contribution in [1.82, 2.24) is 29.5 Å². The van der Waals surface area contributed by atoms with Crippen LogP contribution in [0.4, 0.5) is 36.1 Å². The number of aromatic nitrogens is 3. The van der Waals surface area contributed by atoms with Crippen LogP contribution in [-0.2, 0) is 24.6 Å². The topological polar surface area (TPSA) is 213 Å². The number of hydrogen-bond acceptors (Lipinski definition) is 12. The number of imide groups is 1. The molecule has 0 aliphatic carbocycles. The second-order valence-corrected chi connectivity index (χ2v) is 18.2. The van der Waals surface area contributed by atoms with Gasteiger partial charge in [0, 0.05) is 99.9 Å². The van der Waals surface area contributed by atoms with Crippen LogP contribution in [-0.4, -0.2) is 126 Å². The minimum Gasteiger partial charge on any atom is -0.389 e. The van der Waals surface area contributed by atoms with Crippen molar-refractivity contribution >= 4 is 67.6 Å². The Hall–Kier alpha value is -6.58. The standard InChI is InChI=1S/C44H47F3N10O7S/c1-3-54(2)65(63,64)53-34-9-8-32(45)38(39(34)47)40(60)31-25-49-41-30(31)20-27(23-48-41)26-4-6-29(7-5-26)55-16-18-56(19-17-55)37(59)22-44(62)12-14-57(15-13-44)42-33(46)21-28(24-50-42)51-35-10-11-36(58)52-43(35)61/h4-9,20-21,23-25,35,51,53,62H,3,10-19,22H2,1-2H3,(H,48,49)(H,52,58,61). The number of ketones is 1. The highest BCUT2D eigenvalue weighted by molar-refractivity contribution is 7.90. The third kappa shape index (κ3) is 9.48. The van der Waals surface area contributed by atoms with Crippen molar-refractivity contribution in [2.24, 2.45) is 0 Å². The smallest absolute Gasteiger partial charge is 0.301 e. The van der Waals surface area contributed by atoms with Gasteiger partial charge in [-0.25, -0.2) is 23.1 Å². The lowest BCUT2D eigenvalue weighted by molar-refractivity contribution is -0.138. The van der Waals surface area contributed by atoms with E-state index < -0.39 is 62.2 Å². The fourth-order valence-corrected chi connectivity index (χ4v) is 9.20. The Bertz CT molecular complexity index is 2780. The van der Waals surface area contributed by atoms with Crippen LogP contribution in [0.25, 0.3) is 22.2 Å². The zero-order valence-electron chi connectivity index (χ0n) is 35.5. The molecule has 17 nitrogen and oxygen atoms in total. The first-order valence-electron chi connectivity index (χ1n) is 21.1. The molecule has 1 unspecified atom stereocenters. The van der Waals surface area contributed by atoms with Gasteiger partial charge >= 0.3 is 10.2 Å². The van der Waals surface area contributed by atoms with E-state index in [0.29, 0.717) is 48.5 Å². The van der Waals surface area contributed by atoms with Gasteiger partial charge in [-0.2, -0.15) is 12.7 Å². The minimum atomic E-state index is -4.16. The number of amides is 3. The number of aromatic amines is 1. The molecule has 8 rings (SSSR count). The van der Waals surface area contributed by atoms with Crippen molar-refractivity contribution in [2.75, 3.05) is 72.7 Å². The van der Waals surface area contributed by atoms with E-state index in [-0.39, 0.29) is 74.9 Å². The molecule has 3 amide bonds. The Morgan fingerprint density at radius 1 is 0.923 bits per heavy atom. The van der Waals surface area contributed by atoms with Crippen molar-refractivity contribution < 1.29 is 45.9 Å². The van der Waals surface area contributed by atoms with Gasteiger partial charge in [-0.3, -0.25) is 29.2 Å². The quantitative estimate of drug-likeness (QED) is 0.0833. The summed E-state index contributed by atoms with van der Waals surface area (Å²) in [6.45, 7) is 4.21. The minimum absolute atomic E-state index is 0.0580. The summed E-state index contributed by atoms with van der Waals surface area (Å²) in [5.74, 6) is -4.99. The number of anilines is 4. The number of carbonyl (C=O) groups is 4. The van der Waals surface area contributed by atoms with Gasteiger partial charge < -0.3 is 30.1 Å². The maximum absolute atomic E-state index is 15.6. The number of nitrogens with zero attached hydrogens (tertiary/aromatic N) is 6. The summed E-state index contributed by atoms with van der Waals surface area (Å²) in [5, 5.41) is 16.9. The predicted octanol–water partition coefficient (Wildman–Crippen LogP) is 4.17. The van der Waals surface area contributed by atoms with Gasteiger partial charge in [0.1, 0.15) is 17.5 Å². The van der Waals surface area contributed by atoms with Gasteiger partial charge in [0.2, 0.25) is 23.5 Å². The van der Waals surface area contributed by atoms with Crippen molar-refractivity contribution in [3.63, 3.8) is 0 Å². The number of hydrogen-bond donors (Lipinski definition) is 5. The number of nitrogens with one attached hydrogen (secondary N) is 4. The van der Waals surface area contributed by atoms with Crippen molar-refractivity contribution in [2.45, 2.75) is 50.7 Å². The molecule has 3 aliphatic rings. The van der Waals surface area contributed by atoms with E-state index in [1.54, 1.807) is 29.0 Å². The van der Waals surface area contributed by atoms with Crippen LogP contribution in [0.2, 0.25) is 0 Å². The van der Waals surface area contributed by atoms with E-state index in [4.69, 9.17) is 0 Å². The molecular weight excluding hydrogens is 870 g/mol. The number of piperidine rings is 2. The summed E-state index contributed by atoms with van der Waals surface area (Å²) >= 11 is 0. The molecule has 3 aliphatic heterocycles. The van der Waals surface area contributed by atoms with Crippen LogP contribution in [0, 0.1) is 17.5 Å². The average Bonchev–Trinajstić information content (AvgIpc) is 3.72. The van der Waals surface area contributed by atoms with Crippen molar-refractivity contribution in [3.05, 3.63) is 95.7 Å². The summed E-state index contributed by atoms with van der Waals surface area (Å²) in [7, 11) is -2.87. The van der Waals surface area contributed by atoms with Crippen LogP contribution in [0.3, 0.4) is 0 Å². The van der Waals surface area contributed by atoms with Crippen molar-refractivity contribution in [1.29, 1.82) is 0 Å². The van der Waals surface area contributed by atoms with Gasteiger partial charge in [0.25, 0.3) is 0 Å². The molecule has 0 spiro atoms. The lowest BCUT2D eigenvalue weighted by Gasteiger charge is -2.41. The molecule has 1 atom stereocenters. The molecule has 2 aromatic carbocycles. The normalized spacial score (nSPS) is 18.0. The van der Waals surface area contributed by atoms with Gasteiger partial charge in [0.15, 0.2) is 17.5 Å². The van der Waals surface area contributed by atoms with E-state index >= 15 is 13.2 Å². The van der Waals surface area contributed by atoms with Gasteiger partial charge in [-0.15, -0.1) is 0 Å². The molecule has 5 aromatic rings. The number of benzene rings is 2. The first-order chi connectivity index (χ1) is 31.0. The number of rotatable bonds is 13. The molecule has 0 bridgehead atoms. The highest BCUT2D eigenvalue weighted by Gasteiger charge is 2.38. The fourth-order valence-electron chi connectivity index (χ4n) is 8.27. The number of halogens is 3. The third-order valence-electron chi connectivity index (χ3n) is 12.3. The van der Waals surface area contributed by atoms with Crippen LogP contribution in [0.15, 0.2) is 67.1 Å². The summed E-state index contributed by atoms with van der Waals surface area (Å²) in [5.41, 5.74) is 0.0834. The number of pyridine rings is 2. The second-order valence-electron chi connectivity index (χ2n) is 16.4. The largest absolute Gasteiger partial charge is 0.389 e. The predicted molar refractivity (Wildman–Crippen MR) is 236 cm³/mol. The van der Waals surface area contributed by atoms with E-state index in [1.807, 2.05) is 24.3 Å². The molecule has 21 heteroatoms. The summed E-state index contributed by atoms with van der Waals surface area (Å²) in [4.78, 5) is 67.8. The maximum atomic E-state index is 15.6. The molecule has 0 saturated carbocycles. The lowest BCUT2D eigenvalue weighted by Crippen LogP contribution is -2.52. The number of fused-ring (bicyclic) bond motifs is 1. The second kappa shape index (κ2) is 18.1. The van der Waals surface area contributed by atoms with E-state index in [2.05, 4.69) is 35.2 Å². The summed E-state index contributed by atoms with van der Waals surface area (Å²) < 4.78 is 74.0. The lowest BCUT2D eigenvalue weighted by atomic mass is 9.87. The van der Waals surface area contributed by atoms with Crippen LogP contribution in [0.5, 0.6) is 0 Å². The SMILES string of the molecule is CCN(C)S(=O)(=O)Nc1ccc(F)c(C(=O)c2c[nH]c3ncc(-c4ccc(N5CCN(C(=O)CC6(O)CCN(c7ncc(NC8CCC(=O)NC8=O)cc7F)CC6)CC5)cc4)cc23)c1F. The Morgan fingerprint density at radius 3 is 2.32 bits per heavy atom.